The molecule has 4 aromatic rings. The molecule has 1 aromatic heterocycles. The number of amides is 1. The van der Waals surface area contributed by atoms with Crippen molar-refractivity contribution >= 4 is 16.9 Å². The Kier molecular flexibility index (Phi) is 5.55. The highest BCUT2D eigenvalue weighted by molar-refractivity contribution is 5.94. The summed E-state index contributed by atoms with van der Waals surface area (Å²) in [6.07, 6.45) is 0.841. The van der Waals surface area contributed by atoms with E-state index >= 15 is 0 Å². The van der Waals surface area contributed by atoms with Crippen LogP contribution in [0.15, 0.2) is 60.7 Å². The molecule has 1 N–H and O–H groups in total. The van der Waals surface area contributed by atoms with E-state index in [2.05, 4.69) is 23.0 Å². The summed E-state index contributed by atoms with van der Waals surface area (Å²) in [7, 11) is 0. The van der Waals surface area contributed by atoms with Crippen LogP contribution in [0.25, 0.3) is 22.2 Å². The van der Waals surface area contributed by atoms with Gasteiger partial charge in [0.1, 0.15) is 18.2 Å². The maximum absolute atomic E-state index is 13.5. The molecule has 5 rings (SSSR count). The minimum Gasteiger partial charge on any atom is -0.491 e. The second-order valence-electron chi connectivity index (χ2n) is 8.63. The third-order valence-corrected chi connectivity index (χ3v) is 6.17. The zero-order valence-electron chi connectivity index (χ0n) is 19.1. The van der Waals surface area contributed by atoms with Crippen LogP contribution in [0, 0.1) is 0 Å². The average Bonchev–Trinajstić information content (AvgIpc) is 3.13. The lowest BCUT2D eigenvalue weighted by Crippen LogP contribution is -2.32. The molecule has 5 nitrogen and oxygen atoms in total. The number of rotatable bonds is 4. The van der Waals surface area contributed by atoms with Gasteiger partial charge < -0.3 is 14.6 Å². The van der Waals surface area contributed by atoms with Crippen molar-refractivity contribution in [1.29, 1.82) is 0 Å². The zero-order chi connectivity index (χ0) is 23.9. The zero-order valence-corrected chi connectivity index (χ0v) is 19.1. The lowest BCUT2D eigenvalue weighted by Gasteiger charge is -2.20. The Morgan fingerprint density at radius 3 is 2.56 bits per heavy atom. The van der Waals surface area contributed by atoms with Crippen LogP contribution >= 0.6 is 0 Å². The van der Waals surface area contributed by atoms with Crippen molar-refractivity contribution in [1.82, 2.24) is 14.9 Å². The molecule has 174 valence electrons. The van der Waals surface area contributed by atoms with E-state index < -0.39 is 5.92 Å². The second-order valence-corrected chi connectivity index (χ2v) is 8.63. The summed E-state index contributed by atoms with van der Waals surface area (Å²) < 4.78 is 33.0. The largest absolute Gasteiger partial charge is 0.491 e. The van der Waals surface area contributed by atoms with Crippen molar-refractivity contribution < 1.29 is 18.3 Å². The molecule has 1 amide bonds. The number of fused-ring (bicyclic) bond motifs is 2. The van der Waals surface area contributed by atoms with Crippen molar-refractivity contribution in [3.63, 3.8) is 0 Å². The summed E-state index contributed by atoms with van der Waals surface area (Å²) in [6.45, 7) is 4.06. The predicted molar refractivity (Wildman–Crippen MR) is 127 cm³/mol. The first-order chi connectivity index (χ1) is 16.3. The number of ether oxygens (including phenoxy) is 1. The fourth-order valence-corrected chi connectivity index (χ4v) is 4.24. The molecular weight excluding hydrogens is 436 g/mol. The van der Waals surface area contributed by atoms with E-state index in [0.29, 0.717) is 25.3 Å². The molecule has 0 unspecified atom stereocenters. The smallest absolute Gasteiger partial charge is 0.270 e. The molecule has 1 aliphatic rings. The van der Waals surface area contributed by atoms with Gasteiger partial charge in [0.15, 0.2) is 0 Å². The van der Waals surface area contributed by atoms with Crippen LogP contribution in [0.1, 0.15) is 41.2 Å². The number of carbonyl (C=O) groups excluding carboxylic acids is 1. The summed E-state index contributed by atoms with van der Waals surface area (Å²) in [5.74, 6) is -1.45. The van der Waals surface area contributed by atoms with Crippen LogP contribution in [0.2, 0.25) is 0 Å². The molecule has 0 bridgehead atoms. The van der Waals surface area contributed by atoms with E-state index in [1.807, 2.05) is 30.3 Å². The van der Waals surface area contributed by atoms with Gasteiger partial charge in [-0.2, -0.15) is 0 Å². The van der Waals surface area contributed by atoms with Gasteiger partial charge in [-0.25, -0.2) is 13.8 Å². The molecule has 0 atom stereocenters. The molecule has 0 radical (unpaired) electrons. The van der Waals surface area contributed by atoms with Crippen LogP contribution < -0.4 is 4.74 Å². The summed E-state index contributed by atoms with van der Waals surface area (Å²) in [5, 5.41) is 0. The third-order valence-electron chi connectivity index (χ3n) is 6.17. The minimum atomic E-state index is -2.94. The Labute approximate surface area is 196 Å². The number of alkyl halides is 2. The molecule has 0 aliphatic carbocycles. The Hall–Kier alpha value is -3.74. The number of hydrogen-bond acceptors (Lipinski definition) is 3. The molecule has 2 heterocycles. The molecule has 3 aromatic carbocycles. The summed E-state index contributed by atoms with van der Waals surface area (Å²) in [5.41, 5.74) is 5.14. The lowest BCUT2D eigenvalue weighted by atomic mass is 10.0. The van der Waals surface area contributed by atoms with E-state index in [9.17, 15) is 13.6 Å². The van der Waals surface area contributed by atoms with E-state index in [-0.39, 0.29) is 11.5 Å². The number of nitrogens with one attached hydrogen (secondary N) is 1. The second kappa shape index (κ2) is 8.56. The van der Waals surface area contributed by atoms with Crippen LogP contribution in [-0.2, 0) is 18.9 Å². The molecular formula is C27H25F2N3O2. The predicted octanol–water partition coefficient (Wildman–Crippen LogP) is 5.94. The van der Waals surface area contributed by atoms with Crippen LogP contribution in [-0.4, -0.2) is 33.9 Å². The topological polar surface area (TPSA) is 58.2 Å². The average molecular weight is 462 g/mol. The van der Waals surface area contributed by atoms with Crippen molar-refractivity contribution in [2.45, 2.75) is 32.7 Å². The molecule has 1 aliphatic heterocycles. The summed E-state index contributed by atoms with van der Waals surface area (Å²) in [4.78, 5) is 22.7. The van der Waals surface area contributed by atoms with Gasteiger partial charge in [-0.1, -0.05) is 31.2 Å². The van der Waals surface area contributed by atoms with Gasteiger partial charge in [-0.15, -0.1) is 0 Å². The number of aromatic nitrogens is 2. The number of hydrogen-bond donors (Lipinski definition) is 1. The van der Waals surface area contributed by atoms with Crippen molar-refractivity contribution in [3.8, 4) is 16.9 Å². The molecule has 0 saturated heterocycles. The number of halogens is 2. The standard InChI is InChI=1S/C27H25F2N3O2/c1-3-25-30-22-10-6-19(15-23(22)31-25)18-7-11-24-20(14-18)16-32(12-13-34-24)26(33)17-4-8-21(9-5-17)27(2,28)29/h4-11,14-15H,3,12-13,16H2,1-2H3,(H,30,31). The maximum atomic E-state index is 13.5. The van der Waals surface area contributed by atoms with Crippen molar-refractivity contribution in [3.05, 3.63) is 83.2 Å². The Bertz CT molecular complexity index is 1360. The number of benzene rings is 3. The highest BCUT2D eigenvalue weighted by Crippen LogP contribution is 2.31. The number of aromatic amines is 1. The minimum absolute atomic E-state index is 0.112. The summed E-state index contributed by atoms with van der Waals surface area (Å²) >= 11 is 0. The van der Waals surface area contributed by atoms with Crippen molar-refractivity contribution in [2.24, 2.45) is 0 Å². The van der Waals surface area contributed by atoms with Gasteiger partial charge in [0.2, 0.25) is 0 Å². The SMILES string of the molecule is CCc1nc2ccc(-c3ccc4c(c3)CN(C(=O)c3ccc(C(C)(F)F)cc3)CCO4)cc2[nH]1. The first-order valence-electron chi connectivity index (χ1n) is 11.3. The molecule has 0 saturated carbocycles. The lowest BCUT2D eigenvalue weighted by molar-refractivity contribution is 0.0174. The van der Waals surface area contributed by atoms with Crippen molar-refractivity contribution in [2.75, 3.05) is 13.2 Å². The van der Waals surface area contributed by atoms with Crippen LogP contribution in [0.5, 0.6) is 5.75 Å². The van der Waals surface area contributed by atoms with Gasteiger partial charge in [0.25, 0.3) is 11.8 Å². The third kappa shape index (κ3) is 4.25. The fraction of sp³-hybridized carbons (Fsp3) is 0.259. The highest BCUT2D eigenvalue weighted by Gasteiger charge is 2.26. The van der Waals surface area contributed by atoms with Crippen LogP contribution in [0.4, 0.5) is 8.78 Å². The van der Waals surface area contributed by atoms with E-state index in [0.717, 1.165) is 52.6 Å². The van der Waals surface area contributed by atoms with Gasteiger partial charge in [0, 0.05) is 36.6 Å². The number of H-pyrrole nitrogens is 1. The first kappa shape index (κ1) is 22.1. The monoisotopic (exact) mass is 461 g/mol. The molecule has 0 fully saturated rings. The summed E-state index contributed by atoms with van der Waals surface area (Å²) in [6, 6.07) is 17.6. The number of aryl methyl sites for hydroxylation is 1. The number of imidazole rings is 1. The van der Waals surface area contributed by atoms with Crippen LogP contribution in [0.3, 0.4) is 0 Å². The van der Waals surface area contributed by atoms with Gasteiger partial charge >= 0.3 is 0 Å². The Morgan fingerprint density at radius 1 is 1.09 bits per heavy atom. The number of nitrogens with zero attached hydrogens (tertiary/aromatic N) is 2. The van der Waals surface area contributed by atoms with E-state index in [1.165, 1.54) is 24.3 Å². The number of carbonyl (C=O) groups is 1. The molecule has 34 heavy (non-hydrogen) atoms. The highest BCUT2D eigenvalue weighted by atomic mass is 19.3. The molecule has 7 heteroatoms. The Morgan fingerprint density at radius 2 is 1.82 bits per heavy atom. The Balaban J connectivity index is 1.41. The normalized spacial score (nSPS) is 13.9. The van der Waals surface area contributed by atoms with Gasteiger partial charge in [0.05, 0.1) is 17.6 Å². The maximum Gasteiger partial charge on any atom is 0.270 e. The first-order valence-corrected chi connectivity index (χ1v) is 11.3. The van der Waals surface area contributed by atoms with E-state index in [1.54, 1.807) is 4.90 Å². The quantitative estimate of drug-likeness (QED) is 0.409. The molecule has 0 spiro atoms. The van der Waals surface area contributed by atoms with Gasteiger partial charge in [-0.05, 0) is 47.5 Å². The van der Waals surface area contributed by atoms with Gasteiger partial charge in [-0.3, -0.25) is 4.79 Å². The fourth-order valence-electron chi connectivity index (χ4n) is 4.24. The van der Waals surface area contributed by atoms with E-state index in [4.69, 9.17) is 4.74 Å².